The highest BCUT2D eigenvalue weighted by atomic mass is 32.1. The maximum Gasteiger partial charge on any atom is 0.257 e. The first-order valence-corrected chi connectivity index (χ1v) is 12.0. The van der Waals surface area contributed by atoms with Crippen LogP contribution < -0.4 is 29.6 Å². The monoisotopic (exact) mass is 519 g/mol. The number of carbonyl (C=O) groups excluding carboxylic acids is 2. The quantitative estimate of drug-likeness (QED) is 0.307. The number of thiazole rings is 1. The lowest BCUT2D eigenvalue weighted by molar-refractivity contribution is 0.101. The topological polar surface area (TPSA) is 108 Å². The van der Waals surface area contributed by atoms with Crippen molar-refractivity contribution in [3.05, 3.63) is 77.2 Å². The van der Waals surface area contributed by atoms with Crippen molar-refractivity contribution in [1.29, 1.82) is 0 Å². The fourth-order valence-corrected chi connectivity index (χ4v) is 4.23. The van der Waals surface area contributed by atoms with Crippen LogP contribution in [0.15, 0.2) is 66.0 Å². The van der Waals surface area contributed by atoms with E-state index in [1.54, 1.807) is 48.5 Å². The average molecular weight is 520 g/mol. The molecule has 1 aromatic heterocycles. The van der Waals surface area contributed by atoms with Crippen molar-refractivity contribution < 1.29 is 28.5 Å². The molecule has 9 nitrogen and oxygen atoms in total. The van der Waals surface area contributed by atoms with Crippen LogP contribution in [0, 0.1) is 0 Å². The van der Waals surface area contributed by atoms with E-state index in [0.29, 0.717) is 50.6 Å². The van der Waals surface area contributed by atoms with Crippen LogP contribution in [0.1, 0.15) is 20.7 Å². The van der Waals surface area contributed by atoms with Crippen molar-refractivity contribution >= 4 is 34.0 Å². The molecule has 0 atom stereocenters. The van der Waals surface area contributed by atoms with Gasteiger partial charge >= 0.3 is 0 Å². The van der Waals surface area contributed by atoms with Crippen LogP contribution in [0.4, 0.5) is 10.8 Å². The molecule has 1 heterocycles. The van der Waals surface area contributed by atoms with E-state index in [2.05, 4.69) is 15.6 Å². The fraction of sp³-hybridized carbons (Fsp3) is 0.148. The second-order valence-corrected chi connectivity index (χ2v) is 8.52. The van der Waals surface area contributed by atoms with Crippen LogP contribution >= 0.6 is 11.3 Å². The molecule has 10 heteroatoms. The smallest absolute Gasteiger partial charge is 0.257 e. The predicted molar refractivity (Wildman–Crippen MR) is 143 cm³/mol. The van der Waals surface area contributed by atoms with E-state index in [0.717, 1.165) is 5.56 Å². The molecule has 0 unspecified atom stereocenters. The molecule has 37 heavy (non-hydrogen) atoms. The molecule has 3 aromatic carbocycles. The normalized spacial score (nSPS) is 10.4. The summed E-state index contributed by atoms with van der Waals surface area (Å²) >= 11 is 1.31. The number of benzene rings is 3. The van der Waals surface area contributed by atoms with Crippen LogP contribution in [0.25, 0.3) is 11.3 Å². The SMILES string of the molecule is COc1ccc(C(=O)Nc2ccc(-c3csc(NC(=O)c4ccc(OC)c(OC)c4)n3)cc2)cc1OC. The molecule has 0 radical (unpaired) electrons. The highest BCUT2D eigenvalue weighted by Gasteiger charge is 2.14. The Morgan fingerprint density at radius 3 is 1.70 bits per heavy atom. The minimum absolute atomic E-state index is 0.275. The zero-order chi connectivity index (χ0) is 26.4. The second-order valence-electron chi connectivity index (χ2n) is 7.66. The summed E-state index contributed by atoms with van der Waals surface area (Å²) in [7, 11) is 6.10. The summed E-state index contributed by atoms with van der Waals surface area (Å²) < 4.78 is 21.0. The molecular formula is C27H25N3O6S. The lowest BCUT2D eigenvalue weighted by Crippen LogP contribution is -2.12. The summed E-state index contributed by atoms with van der Waals surface area (Å²) in [5.41, 5.74) is 3.03. The third kappa shape index (κ3) is 5.81. The van der Waals surface area contributed by atoms with Gasteiger partial charge in [-0.05, 0) is 48.5 Å². The van der Waals surface area contributed by atoms with Gasteiger partial charge in [0, 0.05) is 27.8 Å². The Labute approximate surface area is 218 Å². The standard InChI is InChI=1S/C27H25N3O6S/c1-33-21-11-7-17(13-23(21)35-3)25(31)28-19-9-5-16(6-10-19)20-15-37-27(29-20)30-26(32)18-8-12-22(34-2)24(14-18)36-4/h5-15H,1-4H3,(H,28,31)(H,29,30,32). The Morgan fingerprint density at radius 2 is 1.19 bits per heavy atom. The molecule has 0 fully saturated rings. The molecule has 0 saturated carbocycles. The van der Waals surface area contributed by atoms with Crippen LogP contribution in [0.5, 0.6) is 23.0 Å². The van der Waals surface area contributed by atoms with Gasteiger partial charge in [0.1, 0.15) is 0 Å². The number of methoxy groups -OCH3 is 4. The number of nitrogens with zero attached hydrogens (tertiary/aromatic N) is 1. The van der Waals surface area contributed by atoms with Crippen molar-refractivity contribution in [3.63, 3.8) is 0 Å². The molecule has 0 aliphatic rings. The summed E-state index contributed by atoms with van der Waals surface area (Å²) in [6.07, 6.45) is 0. The molecule has 2 amide bonds. The van der Waals surface area contributed by atoms with E-state index < -0.39 is 0 Å². The third-order valence-corrected chi connectivity index (χ3v) is 6.21. The number of aromatic nitrogens is 1. The van der Waals surface area contributed by atoms with Gasteiger partial charge in [-0.2, -0.15) is 0 Å². The molecule has 190 valence electrons. The maximum absolute atomic E-state index is 12.7. The lowest BCUT2D eigenvalue weighted by atomic mass is 10.1. The highest BCUT2D eigenvalue weighted by Crippen LogP contribution is 2.30. The number of hydrogen-bond donors (Lipinski definition) is 2. The van der Waals surface area contributed by atoms with Crippen molar-refractivity contribution in [2.24, 2.45) is 0 Å². The van der Waals surface area contributed by atoms with E-state index in [-0.39, 0.29) is 11.8 Å². The zero-order valence-corrected chi connectivity index (χ0v) is 21.5. The summed E-state index contributed by atoms with van der Waals surface area (Å²) in [6.45, 7) is 0. The van der Waals surface area contributed by atoms with Gasteiger partial charge in [-0.15, -0.1) is 11.3 Å². The summed E-state index contributed by atoms with van der Waals surface area (Å²) in [5, 5.41) is 7.98. The molecule has 0 aliphatic carbocycles. The van der Waals surface area contributed by atoms with Gasteiger partial charge in [-0.25, -0.2) is 4.98 Å². The Balaban J connectivity index is 1.41. The van der Waals surface area contributed by atoms with Crippen LogP contribution in [0.3, 0.4) is 0 Å². The van der Waals surface area contributed by atoms with Crippen molar-refractivity contribution in [1.82, 2.24) is 4.98 Å². The first-order valence-electron chi connectivity index (χ1n) is 11.1. The van der Waals surface area contributed by atoms with E-state index in [1.165, 1.54) is 39.8 Å². The van der Waals surface area contributed by atoms with E-state index >= 15 is 0 Å². The number of carbonyl (C=O) groups is 2. The largest absolute Gasteiger partial charge is 0.493 e. The summed E-state index contributed by atoms with van der Waals surface area (Å²) in [4.78, 5) is 29.8. The number of hydrogen-bond acceptors (Lipinski definition) is 8. The van der Waals surface area contributed by atoms with Crippen molar-refractivity contribution in [3.8, 4) is 34.3 Å². The van der Waals surface area contributed by atoms with Gasteiger partial charge in [0.05, 0.1) is 34.1 Å². The van der Waals surface area contributed by atoms with Gasteiger partial charge in [0.25, 0.3) is 11.8 Å². The Kier molecular flexibility index (Phi) is 7.89. The molecule has 0 aliphatic heterocycles. The number of nitrogens with one attached hydrogen (secondary N) is 2. The first-order chi connectivity index (χ1) is 17.9. The van der Waals surface area contributed by atoms with Gasteiger partial charge in [0.2, 0.25) is 0 Å². The van der Waals surface area contributed by atoms with E-state index in [1.807, 2.05) is 17.5 Å². The van der Waals surface area contributed by atoms with Gasteiger partial charge in [-0.3, -0.25) is 14.9 Å². The number of ether oxygens (including phenoxy) is 4. The molecule has 0 bridgehead atoms. The number of anilines is 2. The first kappa shape index (κ1) is 25.5. The van der Waals surface area contributed by atoms with Crippen LogP contribution in [-0.2, 0) is 0 Å². The Bertz CT molecular complexity index is 1420. The third-order valence-electron chi connectivity index (χ3n) is 5.45. The van der Waals surface area contributed by atoms with E-state index in [4.69, 9.17) is 18.9 Å². The molecule has 0 saturated heterocycles. The van der Waals surface area contributed by atoms with Crippen LogP contribution in [0.2, 0.25) is 0 Å². The molecular weight excluding hydrogens is 494 g/mol. The van der Waals surface area contributed by atoms with Crippen molar-refractivity contribution in [2.75, 3.05) is 39.1 Å². The summed E-state index contributed by atoms with van der Waals surface area (Å²) in [5.74, 6) is 1.44. The molecule has 2 N–H and O–H groups in total. The second kappa shape index (κ2) is 11.4. The molecule has 0 spiro atoms. The Hall–Kier alpha value is -4.57. The molecule has 4 aromatic rings. The predicted octanol–water partition coefficient (Wildman–Crippen LogP) is 5.35. The zero-order valence-electron chi connectivity index (χ0n) is 20.7. The van der Waals surface area contributed by atoms with Crippen molar-refractivity contribution in [2.45, 2.75) is 0 Å². The van der Waals surface area contributed by atoms with Gasteiger partial charge in [0.15, 0.2) is 28.1 Å². The maximum atomic E-state index is 12.7. The van der Waals surface area contributed by atoms with Gasteiger partial charge in [-0.1, -0.05) is 12.1 Å². The van der Waals surface area contributed by atoms with Gasteiger partial charge < -0.3 is 24.3 Å². The minimum atomic E-state index is -0.310. The number of amides is 2. The minimum Gasteiger partial charge on any atom is -0.493 e. The lowest BCUT2D eigenvalue weighted by Gasteiger charge is -2.10. The van der Waals surface area contributed by atoms with E-state index in [9.17, 15) is 9.59 Å². The fourth-order valence-electron chi connectivity index (χ4n) is 3.52. The number of rotatable bonds is 9. The summed E-state index contributed by atoms with van der Waals surface area (Å²) in [6, 6.07) is 17.2. The highest BCUT2D eigenvalue weighted by molar-refractivity contribution is 7.14. The van der Waals surface area contributed by atoms with Crippen LogP contribution in [-0.4, -0.2) is 45.2 Å². The molecule has 4 rings (SSSR count). The average Bonchev–Trinajstić information content (AvgIpc) is 3.40. The Morgan fingerprint density at radius 1 is 0.676 bits per heavy atom.